The molecule has 0 aliphatic rings. The highest BCUT2D eigenvalue weighted by Crippen LogP contribution is 2.38. The van der Waals surface area contributed by atoms with Gasteiger partial charge in [0.2, 0.25) is 5.91 Å². The molecule has 1 atom stereocenters. The number of unbranched alkanes of at least 4 members (excludes halogenated alkanes) is 3. The molecule has 0 aromatic carbocycles. The number of quaternary nitrogens is 1. The van der Waals surface area contributed by atoms with E-state index in [2.05, 4.69) is 11.9 Å². The topological polar surface area (TPSA) is 87.7 Å². The molecule has 0 aliphatic carbocycles. The van der Waals surface area contributed by atoms with Crippen LogP contribution in [0, 0.1) is 0 Å². The predicted octanol–water partition coefficient (Wildman–Crippen LogP) is 1.84. The Kier molecular flexibility index (Phi) is 11.4. The summed E-state index contributed by atoms with van der Waals surface area (Å²) in [5.41, 5.74) is 0.496. The molecular formula is C16H33N2O5P. The summed E-state index contributed by atoms with van der Waals surface area (Å²) in [5, 5.41) is 2.75. The van der Waals surface area contributed by atoms with Crippen LogP contribution in [0.15, 0.2) is 12.2 Å². The van der Waals surface area contributed by atoms with E-state index >= 15 is 0 Å². The van der Waals surface area contributed by atoms with Crippen LogP contribution < -0.4 is 10.2 Å². The maximum absolute atomic E-state index is 11.6. The Bertz CT molecular complexity index is 435. The second-order valence-corrected chi connectivity index (χ2v) is 8.34. The molecule has 24 heavy (non-hydrogen) atoms. The molecule has 0 aromatic heterocycles. The van der Waals surface area contributed by atoms with Crippen LogP contribution >= 0.6 is 7.82 Å². The predicted molar refractivity (Wildman–Crippen MR) is 93.3 cm³/mol. The molecule has 142 valence electrons. The van der Waals surface area contributed by atoms with Crippen LogP contribution in [0.5, 0.6) is 0 Å². The van der Waals surface area contributed by atoms with Gasteiger partial charge in [0, 0.05) is 18.5 Å². The molecule has 0 saturated carbocycles. The fraction of sp³-hybridized carbons (Fsp3) is 0.812. The van der Waals surface area contributed by atoms with Crippen molar-refractivity contribution in [2.24, 2.45) is 0 Å². The van der Waals surface area contributed by atoms with Crippen molar-refractivity contribution in [2.45, 2.75) is 39.0 Å². The third kappa shape index (κ3) is 14.8. The highest BCUT2D eigenvalue weighted by molar-refractivity contribution is 7.45. The fourth-order valence-corrected chi connectivity index (χ4v) is 2.64. The Hall–Kier alpha value is -0.720. The van der Waals surface area contributed by atoms with Gasteiger partial charge in [-0.3, -0.25) is 9.36 Å². The van der Waals surface area contributed by atoms with Crippen molar-refractivity contribution in [2.75, 3.05) is 47.4 Å². The maximum atomic E-state index is 11.6. The number of carbonyl (C=O) groups excluding carboxylic acids is 1. The Morgan fingerprint density at radius 2 is 1.62 bits per heavy atom. The number of carbonyl (C=O) groups is 1. The lowest BCUT2D eigenvalue weighted by atomic mass is 10.2. The third-order valence-electron chi connectivity index (χ3n) is 3.22. The normalized spacial score (nSPS) is 14.2. The first-order valence-electron chi connectivity index (χ1n) is 8.38. The quantitative estimate of drug-likeness (QED) is 0.220. The molecule has 0 heterocycles. The summed E-state index contributed by atoms with van der Waals surface area (Å²) in [6.07, 6.45) is 3.88. The smallest absolute Gasteiger partial charge is 0.267 e. The van der Waals surface area contributed by atoms with E-state index in [9.17, 15) is 14.3 Å². The van der Waals surface area contributed by atoms with Crippen LogP contribution in [0.2, 0.25) is 0 Å². The standard InChI is InChI=1S/C16H33N2O5P/c1-15(2)16(19)17-11-8-6-7-9-13-22-24(20,21)23-14-10-12-18(3,4)5/h1,6-14H2,2-5H3,(H-,17,19,20,21). The van der Waals surface area contributed by atoms with Crippen molar-refractivity contribution in [3.63, 3.8) is 0 Å². The molecule has 7 nitrogen and oxygen atoms in total. The summed E-state index contributed by atoms with van der Waals surface area (Å²) in [7, 11) is 1.93. The third-order valence-corrected chi connectivity index (χ3v) is 4.21. The lowest BCUT2D eigenvalue weighted by molar-refractivity contribution is -0.870. The molecule has 0 fully saturated rings. The zero-order valence-electron chi connectivity index (χ0n) is 15.5. The first-order valence-corrected chi connectivity index (χ1v) is 9.84. The highest BCUT2D eigenvalue weighted by Gasteiger charge is 2.11. The Morgan fingerprint density at radius 3 is 2.17 bits per heavy atom. The van der Waals surface area contributed by atoms with Gasteiger partial charge in [0.15, 0.2) is 0 Å². The number of hydrogen-bond acceptors (Lipinski definition) is 5. The van der Waals surface area contributed by atoms with Crippen LogP contribution in [0.1, 0.15) is 39.0 Å². The molecule has 1 amide bonds. The van der Waals surface area contributed by atoms with Crippen molar-refractivity contribution in [3.05, 3.63) is 12.2 Å². The fourth-order valence-electron chi connectivity index (χ4n) is 1.86. The van der Waals surface area contributed by atoms with E-state index in [1.807, 2.05) is 21.1 Å². The largest absolute Gasteiger partial charge is 0.756 e. The SMILES string of the molecule is C=C(C)C(=O)NCCCCCCOP(=O)([O-])OCCC[N+](C)(C)C. The second kappa shape index (κ2) is 11.8. The number of nitrogens with zero attached hydrogens (tertiary/aromatic N) is 1. The van der Waals surface area contributed by atoms with Gasteiger partial charge >= 0.3 is 0 Å². The lowest BCUT2D eigenvalue weighted by Crippen LogP contribution is -2.35. The van der Waals surface area contributed by atoms with Crippen molar-refractivity contribution < 1.29 is 27.8 Å². The maximum Gasteiger partial charge on any atom is 0.267 e. The molecule has 0 saturated heterocycles. The van der Waals surface area contributed by atoms with Gasteiger partial charge < -0.3 is 23.7 Å². The number of phosphoric ester groups is 1. The van der Waals surface area contributed by atoms with Crippen molar-refractivity contribution in [3.8, 4) is 0 Å². The molecule has 0 bridgehead atoms. The summed E-state index contributed by atoms with van der Waals surface area (Å²) >= 11 is 0. The number of rotatable bonds is 14. The molecular weight excluding hydrogens is 331 g/mol. The minimum absolute atomic E-state index is 0.131. The van der Waals surface area contributed by atoms with Gasteiger partial charge in [0.25, 0.3) is 7.82 Å². The van der Waals surface area contributed by atoms with E-state index in [-0.39, 0.29) is 19.1 Å². The van der Waals surface area contributed by atoms with Gasteiger partial charge in [-0.2, -0.15) is 0 Å². The summed E-state index contributed by atoms with van der Waals surface area (Å²) in [5.74, 6) is -0.131. The van der Waals surface area contributed by atoms with Crippen LogP contribution in [0.25, 0.3) is 0 Å². The van der Waals surface area contributed by atoms with Gasteiger partial charge in [-0.15, -0.1) is 0 Å². The molecule has 8 heteroatoms. The lowest BCUT2D eigenvalue weighted by Gasteiger charge is -2.26. The molecule has 0 aromatic rings. The first-order chi connectivity index (χ1) is 11.0. The minimum Gasteiger partial charge on any atom is -0.756 e. The minimum atomic E-state index is -4.18. The van der Waals surface area contributed by atoms with Crippen LogP contribution in [-0.2, 0) is 18.4 Å². The molecule has 0 aliphatic heterocycles. The number of hydrogen-bond donors (Lipinski definition) is 1. The summed E-state index contributed by atoms with van der Waals surface area (Å²) in [4.78, 5) is 22.8. The highest BCUT2D eigenvalue weighted by atomic mass is 31.2. The zero-order chi connectivity index (χ0) is 18.6. The van der Waals surface area contributed by atoms with E-state index in [0.29, 0.717) is 25.0 Å². The summed E-state index contributed by atoms with van der Waals surface area (Å²) < 4.78 is 22.0. The molecule has 0 rings (SSSR count). The van der Waals surface area contributed by atoms with Crippen molar-refractivity contribution >= 4 is 13.7 Å². The van der Waals surface area contributed by atoms with Gasteiger partial charge in [0.1, 0.15) is 0 Å². The zero-order valence-corrected chi connectivity index (χ0v) is 16.4. The molecule has 0 spiro atoms. The van der Waals surface area contributed by atoms with Crippen molar-refractivity contribution in [1.29, 1.82) is 0 Å². The Labute approximate surface area is 146 Å². The van der Waals surface area contributed by atoms with E-state index in [1.165, 1.54) is 0 Å². The van der Waals surface area contributed by atoms with Gasteiger partial charge in [-0.25, -0.2) is 0 Å². The monoisotopic (exact) mass is 364 g/mol. The van der Waals surface area contributed by atoms with E-state index < -0.39 is 7.82 Å². The van der Waals surface area contributed by atoms with Gasteiger partial charge in [-0.05, 0) is 19.8 Å². The van der Waals surface area contributed by atoms with E-state index in [4.69, 9.17) is 9.05 Å². The number of amides is 1. The molecule has 1 unspecified atom stereocenters. The average Bonchev–Trinajstić information content (AvgIpc) is 2.45. The first kappa shape index (κ1) is 23.3. The molecule has 0 radical (unpaired) electrons. The summed E-state index contributed by atoms with van der Waals surface area (Å²) in [6.45, 7) is 6.94. The number of phosphoric acid groups is 1. The Morgan fingerprint density at radius 1 is 1.08 bits per heavy atom. The average molecular weight is 364 g/mol. The summed E-state index contributed by atoms with van der Waals surface area (Å²) in [6, 6.07) is 0. The Balaban J connectivity index is 3.56. The number of nitrogens with one attached hydrogen (secondary N) is 1. The van der Waals surface area contributed by atoms with Crippen molar-refractivity contribution in [1.82, 2.24) is 5.32 Å². The van der Waals surface area contributed by atoms with Gasteiger partial charge in [0.05, 0.1) is 40.9 Å². The van der Waals surface area contributed by atoms with Crippen LogP contribution in [-0.4, -0.2) is 57.8 Å². The molecule has 1 N–H and O–H groups in total. The van der Waals surface area contributed by atoms with Gasteiger partial charge in [-0.1, -0.05) is 19.4 Å². The second-order valence-electron chi connectivity index (χ2n) is 6.93. The van der Waals surface area contributed by atoms with Crippen LogP contribution in [0.3, 0.4) is 0 Å². The van der Waals surface area contributed by atoms with Crippen LogP contribution in [0.4, 0.5) is 0 Å². The van der Waals surface area contributed by atoms with E-state index in [0.717, 1.165) is 30.3 Å². The van der Waals surface area contributed by atoms with E-state index in [1.54, 1.807) is 6.92 Å².